The van der Waals surface area contributed by atoms with Gasteiger partial charge in [0, 0.05) is 19.2 Å². The van der Waals surface area contributed by atoms with Gasteiger partial charge < -0.3 is 15.0 Å². The Hall–Kier alpha value is -2.37. The van der Waals surface area contributed by atoms with Crippen molar-refractivity contribution < 1.29 is 19.1 Å². The van der Waals surface area contributed by atoms with Crippen LogP contribution in [-0.2, 0) is 16.1 Å². The molecule has 0 aliphatic heterocycles. The van der Waals surface area contributed by atoms with Gasteiger partial charge in [0.1, 0.15) is 11.9 Å². The van der Waals surface area contributed by atoms with Crippen molar-refractivity contribution in [3.05, 3.63) is 36.3 Å². The van der Waals surface area contributed by atoms with Gasteiger partial charge in [0.05, 0.1) is 5.52 Å². The molecule has 6 heteroatoms. The van der Waals surface area contributed by atoms with Crippen LogP contribution in [0.25, 0.3) is 10.9 Å². The van der Waals surface area contributed by atoms with Crippen LogP contribution in [-0.4, -0.2) is 27.6 Å². The van der Waals surface area contributed by atoms with Gasteiger partial charge in [0.2, 0.25) is 5.91 Å². The summed E-state index contributed by atoms with van der Waals surface area (Å²) >= 11 is 0. The van der Waals surface area contributed by atoms with Gasteiger partial charge >= 0.3 is 5.97 Å². The summed E-state index contributed by atoms with van der Waals surface area (Å²) in [5, 5.41) is 12.6. The molecule has 0 radical (unpaired) electrons. The second-order valence-corrected chi connectivity index (χ2v) is 6.05. The summed E-state index contributed by atoms with van der Waals surface area (Å²) in [5.41, 5.74) is 0.717. The lowest BCUT2D eigenvalue weighted by Crippen LogP contribution is -2.41. The maximum Gasteiger partial charge on any atom is 0.326 e. The minimum absolute atomic E-state index is 0.141. The normalized spacial score (nSPS) is 12.5. The summed E-state index contributed by atoms with van der Waals surface area (Å²) in [4.78, 5) is 23.1. The van der Waals surface area contributed by atoms with Crippen molar-refractivity contribution >= 4 is 22.8 Å². The number of nitrogens with zero attached hydrogens (tertiary/aromatic N) is 1. The number of aryl methyl sites for hydroxylation is 1. The second-order valence-electron chi connectivity index (χ2n) is 6.05. The average Bonchev–Trinajstić information content (AvgIpc) is 2.86. The van der Waals surface area contributed by atoms with E-state index in [0.717, 1.165) is 10.9 Å². The summed E-state index contributed by atoms with van der Waals surface area (Å²) < 4.78 is 15.1. The third-order valence-corrected chi connectivity index (χ3v) is 3.66. The first-order chi connectivity index (χ1) is 10.9. The Morgan fingerprint density at radius 2 is 2.04 bits per heavy atom. The minimum Gasteiger partial charge on any atom is -0.480 e. The molecule has 0 spiro atoms. The summed E-state index contributed by atoms with van der Waals surface area (Å²) in [6.45, 7) is 4.18. The van der Waals surface area contributed by atoms with Crippen LogP contribution in [0.3, 0.4) is 0 Å². The highest BCUT2D eigenvalue weighted by molar-refractivity contribution is 5.84. The molecule has 23 heavy (non-hydrogen) atoms. The van der Waals surface area contributed by atoms with E-state index < -0.39 is 12.0 Å². The molecule has 0 bridgehead atoms. The van der Waals surface area contributed by atoms with Crippen molar-refractivity contribution in [1.29, 1.82) is 0 Å². The van der Waals surface area contributed by atoms with Crippen molar-refractivity contribution in [1.82, 2.24) is 9.88 Å². The van der Waals surface area contributed by atoms with E-state index in [1.165, 1.54) is 12.1 Å². The molecule has 2 rings (SSSR count). The van der Waals surface area contributed by atoms with E-state index >= 15 is 0 Å². The smallest absolute Gasteiger partial charge is 0.326 e. The Kier molecular flexibility index (Phi) is 5.36. The Bertz CT molecular complexity index is 709. The number of fused-ring (bicyclic) bond motifs is 1. The SMILES string of the molecule is CC(C)C[C@@H](NC(=O)CCn1ccc2ccc(F)cc21)C(=O)O. The number of hydrogen-bond acceptors (Lipinski definition) is 2. The highest BCUT2D eigenvalue weighted by Crippen LogP contribution is 2.17. The average molecular weight is 320 g/mol. The number of halogens is 1. The van der Waals surface area contributed by atoms with Gasteiger partial charge in [-0.3, -0.25) is 4.79 Å². The monoisotopic (exact) mass is 320 g/mol. The first kappa shape index (κ1) is 17.0. The second kappa shape index (κ2) is 7.26. The van der Waals surface area contributed by atoms with Crippen LogP contribution in [0.5, 0.6) is 0 Å². The van der Waals surface area contributed by atoms with Gasteiger partial charge in [-0.05, 0) is 42.0 Å². The highest BCUT2D eigenvalue weighted by atomic mass is 19.1. The molecule has 0 saturated heterocycles. The molecule has 0 saturated carbocycles. The molecule has 5 nitrogen and oxygen atoms in total. The van der Waals surface area contributed by atoms with Crippen LogP contribution in [0.1, 0.15) is 26.7 Å². The standard InChI is InChI=1S/C17H21FN2O3/c1-11(2)9-14(17(22)23)19-16(21)6-8-20-7-5-12-3-4-13(18)10-15(12)20/h3-5,7,10-11,14H,6,8-9H2,1-2H3,(H,19,21)(H,22,23)/t14-/m1/s1. The minimum atomic E-state index is -1.03. The van der Waals surface area contributed by atoms with Gasteiger partial charge in [-0.15, -0.1) is 0 Å². The van der Waals surface area contributed by atoms with E-state index in [0.29, 0.717) is 13.0 Å². The lowest BCUT2D eigenvalue weighted by atomic mass is 10.0. The molecule has 0 aliphatic carbocycles. The van der Waals surface area contributed by atoms with Gasteiger partial charge in [0.25, 0.3) is 0 Å². The summed E-state index contributed by atoms with van der Waals surface area (Å²) in [7, 11) is 0. The molecule has 1 amide bonds. The van der Waals surface area contributed by atoms with Crippen molar-refractivity contribution in [2.75, 3.05) is 0 Å². The Morgan fingerprint density at radius 1 is 1.30 bits per heavy atom. The van der Waals surface area contributed by atoms with Gasteiger partial charge in [0.15, 0.2) is 0 Å². The predicted molar refractivity (Wildman–Crippen MR) is 85.5 cm³/mol. The van der Waals surface area contributed by atoms with Crippen molar-refractivity contribution in [3.8, 4) is 0 Å². The number of rotatable bonds is 7. The molecule has 0 fully saturated rings. The number of hydrogen-bond donors (Lipinski definition) is 2. The molecule has 124 valence electrons. The number of benzene rings is 1. The zero-order chi connectivity index (χ0) is 17.0. The van der Waals surface area contributed by atoms with Gasteiger partial charge in [-0.25, -0.2) is 9.18 Å². The quantitative estimate of drug-likeness (QED) is 0.824. The maximum atomic E-state index is 13.3. The van der Waals surface area contributed by atoms with E-state index in [9.17, 15) is 14.0 Å². The largest absolute Gasteiger partial charge is 0.480 e. The molecule has 1 aromatic heterocycles. The molecule has 2 aromatic rings. The number of carbonyl (C=O) groups excluding carboxylic acids is 1. The third-order valence-electron chi connectivity index (χ3n) is 3.66. The van der Waals surface area contributed by atoms with Crippen LogP contribution in [0.2, 0.25) is 0 Å². The summed E-state index contributed by atoms with van der Waals surface area (Å²) in [6.07, 6.45) is 2.32. The van der Waals surface area contributed by atoms with Gasteiger partial charge in [-0.2, -0.15) is 0 Å². The van der Waals surface area contributed by atoms with E-state index in [2.05, 4.69) is 5.32 Å². The zero-order valence-electron chi connectivity index (χ0n) is 13.3. The van der Waals surface area contributed by atoms with Crippen molar-refractivity contribution in [2.45, 2.75) is 39.3 Å². The fraction of sp³-hybridized carbons (Fsp3) is 0.412. The molecule has 0 aliphatic rings. The molecule has 1 aromatic carbocycles. The maximum absolute atomic E-state index is 13.3. The lowest BCUT2D eigenvalue weighted by molar-refractivity contribution is -0.142. The van der Waals surface area contributed by atoms with Crippen LogP contribution in [0.4, 0.5) is 4.39 Å². The third kappa shape index (κ3) is 4.55. The molecule has 1 atom stereocenters. The van der Waals surface area contributed by atoms with Crippen LogP contribution in [0, 0.1) is 11.7 Å². The number of amides is 1. The van der Waals surface area contributed by atoms with E-state index in [1.807, 2.05) is 19.9 Å². The molecule has 1 heterocycles. The molecular formula is C17H21FN2O3. The number of carbonyl (C=O) groups is 2. The van der Waals surface area contributed by atoms with Crippen molar-refractivity contribution in [2.24, 2.45) is 5.92 Å². The Morgan fingerprint density at radius 3 is 2.70 bits per heavy atom. The number of carboxylic acid groups (broad SMARTS) is 1. The summed E-state index contributed by atoms with van der Waals surface area (Å²) in [6, 6.07) is 5.48. The lowest BCUT2D eigenvalue weighted by Gasteiger charge is -2.16. The number of aliphatic carboxylic acids is 1. The Balaban J connectivity index is 1.97. The number of carboxylic acids is 1. The molecule has 0 unspecified atom stereocenters. The van der Waals surface area contributed by atoms with Crippen LogP contribution in [0.15, 0.2) is 30.5 Å². The van der Waals surface area contributed by atoms with E-state index in [1.54, 1.807) is 16.8 Å². The van der Waals surface area contributed by atoms with Crippen LogP contribution < -0.4 is 5.32 Å². The predicted octanol–water partition coefficient (Wildman–Crippen LogP) is 2.79. The fourth-order valence-corrected chi connectivity index (χ4v) is 2.53. The summed E-state index contributed by atoms with van der Waals surface area (Å²) in [5.74, 6) is -1.51. The topological polar surface area (TPSA) is 71.3 Å². The fourth-order valence-electron chi connectivity index (χ4n) is 2.53. The van der Waals surface area contributed by atoms with E-state index in [-0.39, 0.29) is 24.1 Å². The number of aromatic nitrogens is 1. The highest BCUT2D eigenvalue weighted by Gasteiger charge is 2.20. The number of nitrogens with one attached hydrogen (secondary N) is 1. The first-order valence-corrected chi connectivity index (χ1v) is 7.63. The van der Waals surface area contributed by atoms with Crippen molar-refractivity contribution in [3.63, 3.8) is 0 Å². The first-order valence-electron chi connectivity index (χ1n) is 7.63. The molecular weight excluding hydrogens is 299 g/mol. The van der Waals surface area contributed by atoms with Crippen LogP contribution >= 0.6 is 0 Å². The molecule has 2 N–H and O–H groups in total. The Labute approximate surface area is 134 Å². The van der Waals surface area contributed by atoms with Gasteiger partial charge in [-0.1, -0.05) is 13.8 Å². The van der Waals surface area contributed by atoms with E-state index in [4.69, 9.17) is 5.11 Å². The zero-order valence-corrected chi connectivity index (χ0v) is 13.3.